The molecule has 4 aliphatic carbocycles. The molecule has 0 aromatic heterocycles. The van der Waals surface area contributed by atoms with Gasteiger partial charge in [0.2, 0.25) is 0 Å². The van der Waals surface area contributed by atoms with Crippen molar-refractivity contribution >= 4 is 31.9 Å². The maximum atomic E-state index is 10.2. The van der Waals surface area contributed by atoms with E-state index < -0.39 is 0 Å². The van der Waals surface area contributed by atoms with Gasteiger partial charge in [-0.05, 0) is 92.3 Å². The van der Waals surface area contributed by atoms with E-state index in [-0.39, 0.29) is 10.4 Å². The fraction of sp³-hybridized carbons (Fsp3) is 1.00. The number of rotatable bonds is 1. The molecule has 0 aromatic carbocycles. The Kier molecular flexibility index (Phi) is 4.54. The number of halogens is 2. The van der Waals surface area contributed by atoms with E-state index in [2.05, 4.69) is 52.6 Å². The molecule has 0 spiro atoms. The molecular weight excluding hydrogens is 428 g/mol. The first kappa shape index (κ1) is 18.3. The SMILES string of the molecule is CC(Br)[C@@]1(Br)CC[C@H]2[C@@H]3CCC4CC(O)CC[C@]4(C)[C@H]3CC[C@@]21C. The summed E-state index contributed by atoms with van der Waals surface area (Å²) in [6, 6.07) is 0. The predicted octanol–water partition coefficient (Wildman–Crippen LogP) is 6.31. The van der Waals surface area contributed by atoms with Crippen LogP contribution in [0.5, 0.6) is 0 Å². The molecule has 0 heterocycles. The van der Waals surface area contributed by atoms with E-state index in [4.69, 9.17) is 0 Å². The van der Waals surface area contributed by atoms with E-state index in [9.17, 15) is 5.11 Å². The van der Waals surface area contributed by atoms with Crippen molar-refractivity contribution in [3.8, 4) is 0 Å². The van der Waals surface area contributed by atoms with Gasteiger partial charge in [-0.25, -0.2) is 0 Å². The minimum absolute atomic E-state index is 0.0237. The fourth-order valence-electron chi connectivity index (χ4n) is 7.91. The van der Waals surface area contributed by atoms with Gasteiger partial charge in [-0.3, -0.25) is 0 Å². The second kappa shape index (κ2) is 5.96. The molecule has 24 heavy (non-hydrogen) atoms. The van der Waals surface area contributed by atoms with Crippen LogP contribution in [0, 0.1) is 34.5 Å². The first-order valence-corrected chi connectivity index (χ1v) is 11.9. The van der Waals surface area contributed by atoms with Crippen LogP contribution in [0.4, 0.5) is 0 Å². The van der Waals surface area contributed by atoms with Crippen molar-refractivity contribution in [1.29, 1.82) is 0 Å². The summed E-state index contributed by atoms with van der Waals surface area (Å²) in [5.74, 6) is 3.49. The Morgan fingerprint density at radius 1 is 0.958 bits per heavy atom. The summed E-state index contributed by atoms with van der Waals surface area (Å²) in [6.07, 6.45) is 11.6. The highest BCUT2D eigenvalue weighted by Gasteiger charge is 2.65. The minimum Gasteiger partial charge on any atom is -0.393 e. The van der Waals surface area contributed by atoms with Gasteiger partial charge >= 0.3 is 0 Å². The lowest BCUT2D eigenvalue weighted by atomic mass is 9.44. The highest BCUT2D eigenvalue weighted by atomic mass is 79.9. The zero-order valence-corrected chi connectivity index (χ0v) is 18.7. The van der Waals surface area contributed by atoms with Gasteiger partial charge in [0.25, 0.3) is 0 Å². The van der Waals surface area contributed by atoms with Crippen molar-refractivity contribution in [3.05, 3.63) is 0 Å². The maximum Gasteiger partial charge on any atom is 0.0543 e. The van der Waals surface area contributed by atoms with Crippen LogP contribution >= 0.6 is 31.9 Å². The number of fused-ring (bicyclic) bond motifs is 5. The molecule has 1 nitrogen and oxygen atoms in total. The monoisotopic (exact) mass is 460 g/mol. The van der Waals surface area contributed by atoms with Gasteiger partial charge < -0.3 is 5.11 Å². The van der Waals surface area contributed by atoms with Crippen molar-refractivity contribution in [2.45, 2.75) is 93.8 Å². The van der Waals surface area contributed by atoms with Crippen LogP contribution < -0.4 is 0 Å². The van der Waals surface area contributed by atoms with Gasteiger partial charge in [0.1, 0.15) is 0 Å². The highest BCUT2D eigenvalue weighted by molar-refractivity contribution is 9.12. The largest absolute Gasteiger partial charge is 0.393 e. The molecule has 9 atom stereocenters. The molecule has 138 valence electrons. The Morgan fingerprint density at radius 3 is 2.38 bits per heavy atom. The summed E-state index contributed by atoms with van der Waals surface area (Å²) in [5.41, 5.74) is 0.940. The average Bonchev–Trinajstić information content (AvgIpc) is 2.81. The molecule has 0 aliphatic heterocycles. The number of aliphatic hydroxyl groups is 1. The Morgan fingerprint density at radius 2 is 1.67 bits per heavy atom. The quantitative estimate of drug-likeness (QED) is 0.453. The third kappa shape index (κ3) is 2.32. The number of aliphatic hydroxyl groups excluding tert-OH is 1. The smallest absolute Gasteiger partial charge is 0.0543 e. The third-order valence-electron chi connectivity index (χ3n) is 9.43. The van der Waals surface area contributed by atoms with E-state index in [0.29, 0.717) is 15.7 Å². The summed E-state index contributed by atoms with van der Waals surface area (Å²) < 4.78 is 0.274. The van der Waals surface area contributed by atoms with Crippen molar-refractivity contribution in [1.82, 2.24) is 0 Å². The molecule has 0 saturated heterocycles. The molecule has 3 heteroatoms. The van der Waals surface area contributed by atoms with Gasteiger partial charge in [-0.1, -0.05) is 52.6 Å². The molecule has 4 saturated carbocycles. The Hall–Kier alpha value is 0.920. The van der Waals surface area contributed by atoms with Gasteiger partial charge in [0, 0.05) is 9.15 Å². The lowest BCUT2D eigenvalue weighted by Crippen LogP contribution is -2.56. The molecule has 1 N–H and O–H groups in total. The van der Waals surface area contributed by atoms with Crippen molar-refractivity contribution in [2.75, 3.05) is 0 Å². The van der Waals surface area contributed by atoms with E-state index in [1.807, 2.05) is 0 Å². The summed E-state index contributed by atoms with van der Waals surface area (Å²) >= 11 is 8.18. The lowest BCUT2D eigenvalue weighted by Gasteiger charge is -2.62. The number of hydrogen-bond acceptors (Lipinski definition) is 1. The van der Waals surface area contributed by atoms with E-state index >= 15 is 0 Å². The van der Waals surface area contributed by atoms with Crippen LogP contribution in [0.15, 0.2) is 0 Å². The van der Waals surface area contributed by atoms with Gasteiger partial charge in [0.05, 0.1) is 6.10 Å². The summed E-state index contributed by atoms with van der Waals surface area (Å²) in [6.45, 7) is 7.52. The summed E-state index contributed by atoms with van der Waals surface area (Å²) in [7, 11) is 0. The van der Waals surface area contributed by atoms with Crippen LogP contribution in [0.25, 0.3) is 0 Å². The van der Waals surface area contributed by atoms with E-state index in [1.165, 1.54) is 44.9 Å². The molecule has 4 aliphatic rings. The molecule has 0 bridgehead atoms. The summed E-state index contributed by atoms with van der Waals surface area (Å²) in [5, 5.41) is 10.2. The molecule has 4 rings (SSSR count). The number of alkyl halides is 2. The first-order valence-electron chi connectivity index (χ1n) is 10.2. The van der Waals surface area contributed by atoms with E-state index in [0.717, 1.165) is 36.5 Å². The molecule has 4 fully saturated rings. The van der Waals surface area contributed by atoms with Crippen molar-refractivity contribution < 1.29 is 5.11 Å². The van der Waals surface area contributed by atoms with Crippen molar-refractivity contribution in [3.63, 3.8) is 0 Å². The highest BCUT2D eigenvalue weighted by Crippen LogP contribution is 2.70. The van der Waals surface area contributed by atoms with Gasteiger partial charge in [-0.15, -0.1) is 0 Å². The molecular formula is C21H34Br2O. The first-order chi connectivity index (χ1) is 11.2. The lowest BCUT2D eigenvalue weighted by molar-refractivity contribution is -0.123. The predicted molar refractivity (Wildman–Crippen MR) is 108 cm³/mol. The van der Waals surface area contributed by atoms with Gasteiger partial charge in [0.15, 0.2) is 0 Å². The second-order valence-electron chi connectivity index (χ2n) is 10.1. The molecule has 0 amide bonds. The normalized spacial score (nSPS) is 58.5. The standard InChI is InChI=1S/C21H34Br2O/c1-13(22)21(23)11-8-18-16-5-4-14-12-15(24)6-9-19(14,2)17(16)7-10-20(18,21)3/h13-18,24H,4-12H2,1-3H3/t13?,14?,15?,16-,17+,18+,19+,20+,21+/m1/s1. The maximum absolute atomic E-state index is 10.2. The molecule has 0 radical (unpaired) electrons. The second-order valence-corrected chi connectivity index (χ2v) is 12.8. The van der Waals surface area contributed by atoms with Crippen LogP contribution in [-0.4, -0.2) is 20.4 Å². The Bertz CT molecular complexity index is 508. The van der Waals surface area contributed by atoms with Crippen LogP contribution in [0.2, 0.25) is 0 Å². The molecule has 3 unspecified atom stereocenters. The van der Waals surface area contributed by atoms with Gasteiger partial charge in [-0.2, -0.15) is 0 Å². The fourth-order valence-corrected chi connectivity index (χ4v) is 9.38. The molecule has 0 aromatic rings. The third-order valence-corrected chi connectivity index (χ3v) is 12.8. The topological polar surface area (TPSA) is 20.2 Å². The Balaban J connectivity index is 1.63. The zero-order valence-electron chi connectivity index (χ0n) is 15.5. The summed E-state index contributed by atoms with van der Waals surface area (Å²) in [4.78, 5) is 0.535. The van der Waals surface area contributed by atoms with Crippen LogP contribution in [-0.2, 0) is 0 Å². The minimum atomic E-state index is -0.0237. The van der Waals surface area contributed by atoms with Crippen molar-refractivity contribution in [2.24, 2.45) is 34.5 Å². The zero-order chi connectivity index (χ0) is 17.3. The van der Waals surface area contributed by atoms with Crippen LogP contribution in [0.3, 0.4) is 0 Å². The van der Waals surface area contributed by atoms with E-state index in [1.54, 1.807) is 0 Å². The number of hydrogen-bond donors (Lipinski definition) is 1. The average molecular weight is 462 g/mol. The van der Waals surface area contributed by atoms with Crippen LogP contribution in [0.1, 0.15) is 78.6 Å². The Labute approximate surface area is 165 Å².